The normalized spacial score (nSPS) is 17.8. The molecule has 2 aromatic rings. The molecule has 0 bridgehead atoms. The van der Waals surface area contributed by atoms with Crippen LogP contribution < -0.4 is 0 Å². The molecule has 0 N–H and O–H groups in total. The third-order valence-electron chi connectivity index (χ3n) is 5.17. The van der Waals surface area contributed by atoms with Gasteiger partial charge in [0.05, 0.1) is 21.9 Å². The van der Waals surface area contributed by atoms with E-state index in [1.54, 1.807) is 0 Å². The molecule has 1 aliphatic heterocycles. The van der Waals surface area contributed by atoms with Gasteiger partial charge < -0.3 is 4.74 Å². The molecule has 0 aliphatic carbocycles. The molecule has 0 saturated carbocycles. The van der Waals surface area contributed by atoms with E-state index in [1.807, 2.05) is 42.9 Å². The Kier molecular flexibility index (Phi) is 5.78. The average Bonchev–Trinajstić information content (AvgIpc) is 2.85. The van der Waals surface area contributed by atoms with Crippen LogP contribution in [-0.2, 0) is 18.2 Å². The quantitative estimate of drug-likeness (QED) is 0.719. The van der Waals surface area contributed by atoms with Crippen LogP contribution in [0.4, 0.5) is 0 Å². The standard InChI is InChI=1S/C19H26ClN3OS/c1-14-18(15(2)22(3)21-14)25-23-11-9-19(24-4,10-12-23)13-16-5-7-17(20)8-6-16/h5-8H,9-13H2,1-4H3. The molecule has 6 heteroatoms. The van der Waals surface area contributed by atoms with Crippen molar-refractivity contribution in [2.24, 2.45) is 7.05 Å². The van der Waals surface area contributed by atoms with Crippen LogP contribution >= 0.6 is 23.5 Å². The Hall–Kier alpha value is -1.01. The fraction of sp³-hybridized carbons (Fsp3) is 0.526. The highest BCUT2D eigenvalue weighted by atomic mass is 35.5. The number of benzene rings is 1. The minimum absolute atomic E-state index is 0.0794. The van der Waals surface area contributed by atoms with Gasteiger partial charge in [-0.15, -0.1) is 0 Å². The van der Waals surface area contributed by atoms with E-state index in [1.165, 1.54) is 16.2 Å². The number of piperidine rings is 1. The van der Waals surface area contributed by atoms with Crippen molar-refractivity contribution in [3.05, 3.63) is 46.2 Å². The summed E-state index contributed by atoms with van der Waals surface area (Å²) in [5, 5.41) is 5.30. The van der Waals surface area contributed by atoms with Gasteiger partial charge in [0.1, 0.15) is 0 Å². The van der Waals surface area contributed by atoms with E-state index in [4.69, 9.17) is 16.3 Å². The van der Waals surface area contributed by atoms with Gasteiger partial charge in [0.25, 0.3) is 0 Å². The molecule has 3 rings (SSSR count). The lowest BCUT2D eigenvalue weighted by Gasteiger charge is -2.40. The predicted molar refractivity (Wildman–Crippen MR) is 104 cm³/mol. The van der Waals surface area contributed by atoms with Crippen LogP contribution in [0.1, 0.15) is 29.8 Å². The first-order chi connectivity index (χ1) is 11.9. The molecule has 25 heavy (non-hydrogen) atoms. The minimum Gasteiger partial charge on any atom is -0.378 e. The van der Waals surface area contributed by atoms with Crippen LogP contribution in [-0.4, -0.2) is 39.9 Å². The molecule has 1 saturated heterocycles. The van der Waals surface area contributed by atoms with E-state index < -0.39 is 0 Å². The number of hydrogen-bond donors (Lipinski definition) is 0. The minimum atomic E-state index is -0.0794. The molecular weight excluding hydrogens is 354 g/mol. The molecule has 1 aliphatic rings. The molecule has 0 amide bonds. The maximum Gasteiger partial charge on any atom is 0.0745 e. The van der Waals surface area contributed by atoms with E-state index in [9.17, 15) is 0 Å². The molecule has 0 radical (unpaired) electrons. The van der Waals surface area contributed by atoms with Crippen molar-refractivity contribution in [1.82, 2.24) is 14.1 Å². The summed E-state index contributed by atoms with van der Waals surface area (Å²) in [6.07, 6.45) is 2.99. The van der Waals surface area contributed by atoms with Gasteiger partial charge in [0.2, 0.25) is 0 Å². The van der Waals surface area contributed by atoms with Crippen LogP contribution in [0.2, 0.25) is 5.02 Å². The van der Waals surface area contributed by atoms with E-state index in [-0.39, 0.29) is 5.60 Å². The van der Waals surface area contributed by atoms with E-state index in [2.05, 4.69) is 35.4 Å². The predicted octanol–water partition coefficient (Wildman–Crippen LogP) is 4.42. The second kappa shape index (κ2) is 7.70. The van der Waals surface area contributed by atoms with Gasteiger partial charge in [-0.3, -0.25) is 4.68 Å². The summed E-state index contributed by atoms with van der Waals surface area (Å²) >= 11 is 7.83. The highest BCUT2D eigenvalue weighted by molar-refractivity contribution is 7.97. The maximum absolute atomic E-state index is 6.00. The van der Waals surface area contributed by atoms with Crippen LogP contribution in [0.3, 0.4) is 0 Å². The topological polar surface area (TPSA) is 30.3 Å². The molecule has 2 heterocycles. The highest BCUT2D eigenvalue weighted by Crippen LogP contribution is 2.36. The summed E-state index contributed by atoms with van der Waals surface area (Å²) < 4.78 is 10.4. The monoisotopic (exact) mass is 379 g/mol. The largest absolute Gasteiger partial charge is 0.378 e. The SMILES string of the molecule is COC1(Cc2ccc(Cl)cc2)CCN(Sc2c(C)nn(C)c2C)CC1. The molecular formula is C19H26ClN3OS. The summed E-state index contributed by atoms with van der Waals surface area (Å²) in [4.78, 5) is 1.28. The van der Waals surface area contributed by atoms with E-state index in [0.717, 1.165) is 43.1 Å². The highest BCUT2D eigenvalue weighted by Gasteiger charge is 2.35. The number of aromatic nitrogens is 2. The lowest BCUT2D eigenvalue weighted by Crippen LogP contribution is -2.44. The second-order valence-electron chi connectivity index (χ2n) is 6.83. The van der Waals surface area contributed by atoms with Crippen LogP contribution in [0.5, 0.6) is 0 Å². The van der Waals surface area contributed by atoms with Crippen molar-refractivity contribution < 1.29 is 4.74 Å². The molecule has 0 atom stereocenters. The fourth-order valence-corrected chi connectivity index (χ4v) is 4.61. The number of hydrogen-bond acceptors (Lipinski definition) is 4. The number of methoxy groups -OCH3 is 1. The van der Waals surface area contributed by atoms with E-state index >= 15 is 0 Å². The van der Waals surface area contributed by atoms with Crippen molar-refractivity contribution in [2.75, 3.05) is 20.2 Å². The third-order valence-corrected chi connectivity index (χ3v) is 6.82. The van der Waals surface area contributed by atoms with Crippen molar-refractivity contribution >= 4 is 23.5 Å². The maximum atomic E-state index is 6.00. The van der Waals surface area contributed by atoms with Crippen LogP contribution in [0.15, 0.2) is 29.2 Å². The average molecular weight is 380 g/mol. The molecule has 136 valence electrons. The Morgan fingerprint density at radius 3 is 2.36 bits per heavy atom. The summed E-state index contributed by atoms with van der Waals surface area (Å²) in [6.45, 7) is 6.24. The zero-order valence-electron chi connectivity index (χ0n) is 15.4. The molecule has 1 aromatic heterocycles. The molecule has 4 nitrogen and oxygen atoms in total. The molecule has 0 spiro atoms. The lowest BCUT2D eigenvalue weighted by atomic mass is 9.86. The Morgan fingerprint density at radius 1 is 1.20 bits per heavy atom. The number of nitrogens with zero attached hydrogens (tertiary/aromatic N) is 3. The van der Waals surface area contributed by atoms with Gasteiger partial charge in [0.15, 0.2) is 0 Å². The van der Waals surface area contributed by atoms with Crippen molar-refractivity contribution in [3.8, 4) is 0 Å². The first-order valence-corrected chi connectivity index (χ1v) is 9.80. The van der Waals surface area contributed by atoms with Crippen molar-refractivity contribution in [1.29, 1.82) is 0 Å². The summed E-state index contributed by atoms with van der Waals surface area (Å²) in [5.74, 6) is 0. The first kappa shape index (κ1) is 18.8. The summed E-state index contributed by atoms with van der Waals surface area (Å²) in [6, 6.07) is 8.12. The van der Waals surface area contributed by atoms with Crippen molar-refractivity contribution in [3.63, 3.8) is 0 Å². The molecule has 0 unspecified atom stereocenters. The van der Waals surface area contributed by atoms with Gasteiger partial charge in [0, 0.05) is 38.7 Å². The second-order valence-corrected chi connectivity index (χ2v) is 8.38. The van der Waals surface area contributed by atoms with Gasteiger partial charge in [-0.05, 0) is 56.3 Å². The van der Waals surface area contributed by atoms with Gasteiger partial charge in [-0.25, -0.2) is 4.31 Å². The Labute approximate surface area is 159 Å². The number of halogens is 1. The van der Waals surface area contributed by atoms with Gasteiger partial charge >= 0.3 is 0 Å². The zero-order chi connectivity index (χ0) is 18.0. The van der Waals surface area contributed by atoms with Crippen LogP contribution in [0.25, 0.3) is 0 Å². The Bertz CT molecular complexity index is 721. The Balaban J connectivity index is 1.63. The Morgan fingerprint density at radius 2 is 1.84 bits per heavy atom. The third kappa shape index (κ3) is 4.22. The molecule has 1 aromatic carbocycles. The van der Waals surface area contributed by atoms with Crippen molar-refractivity contribution in [2.45, 2.75) is 43.6 Å². The first-order valence-electron chi connectivity index (χ1n) is 8.65. The summed E-state index contributed by atoms with van der Waals surface area (Å²) in [5.41, 5.74) is 3.54. The number of ether oxygens (including phenoxy) is 1. The van der Waals surface area contributed by atoms with E-state index in [0.29, 0.717) is 0 Å². The van der Waals surface area contributed by atoms with Gasteiger partial charge in [-0.1, -0.05) is 23.7 Å². The number of rotatable bonds is 5. The van der Waals surface area contributed by atoms with Gasteiger partial charge in [-0.2, -0.15) is 5.10 Å². The smallest absolute Gasteiger partial charge is 0.0745 e. The lowest BCUT2D eigenvalue weighted by molar-refractivity contribution is -0.0437. The zero-order valence-corrected chi connectivity index (χ0v) is 17.0. The number of aryl methyl sites for hydroxylation is 2. The van der Waals surface area contributed by atoms with Crippen LogP contribution in [0, 0.1) is 13.8 Å². The fourth-order valence-electron chi connectivity index (χ4n) is 3.43. The molecule has 1 fully saturated rings. The summed E-state index contributed by atoms with van der Waals surface area (Å²) in [7, 11) is 3.85.